The van der Waals surface area contributed by atoms with Crippen LogP contribution in [0.5, 0.6) is 0 Å². The van der Waals surface area contributed by atoms with Crippen molar-refractivity contribution >= 4 is 108 Å². The number of benzene rings is 4. The van der Waals surface area contributed by atoms with E-state index in [9.17, 15) is 0 Å². The zero-order chi connectivity index (χ0) is 22.7. The molecule has 0 aliphatic rings. The van der Waals surface area contributed by atoms with Crippen LogP contribution in [0.4, 0.5) is 0 Å². The molecule has 6 aromatic rings. The first-order valence-electron chi connectivity index (χ1n) is 9.69. The number of hydrogen-bond donors (Lipinski definition) is 0. The molecule has 0 bridgehead atoms. The monoisotopic (exact) mass is 791 g/mol. The summed E-state index contributed by atoms with van der Waals surface area (Å²) in [7, 11) is 0. The summed E-state index contributed by atoms with van der Waals surface area (Å²) in [6, 6.07) is 27.2. The van der Waals surface area contributed by atoms with Gasteiger partial charge in [0.15, 0.2) is 0 Å². The van der Waals surface area contributed by atoms with Crippen LogP contribution in [0.2, 0.25) is 0 Å². The second kappa shape index (κ2) is 11.2. The summed E-state index contributed by atoms with van der Waals surface area (Å²) in [6.45, 7) is 0. The molecule has 0 radical (unpaired) electrons. The Labute approximate surface area is 232 Å². The van der Waals surface area contributed by atoms with E-state index in [1.807, 2.05) is 29.5 Å². The fourth-order valence-corrected chi connectivity index (χ4v) is 6.10. The van der Waals surface area contributed by atoms with Crippen LogP contribution in [0.25, 0.3) is 42.1 Å². The number of fused-ring (bicyclic) bond motifs is 6. The Morgan fingerprint density at radius 1 is 0.750 bits per heavy atom. The summed E-state index contributed by atoms with van der Waals surface area (Å²) in [5, 5.41) is 5.05. The molecule has 164 valence electrons. The summed E-state index contributed by atoms with van der Waals surface area (Å²) in [6.07, 6.45) is 0. The zero-order valence-corrected chi connectivity index (χ0v) is 25.6. The van der Waals surface area contributed by atoms with Gasteiger partial charge in [-0.25, -0.2) is 0 Å². The minimum absolute atomic E-state index is 0.590. The van der Waals surface area contributed by atoms with Gasteiger partial charge in [0.1, 0.15) is 11.2 Å². The average Bonchev–Trinajstić information content (AvgIpc) is 3.35. The van der Waals surface area contributed by atoms with Crippen LogP contribution in [0.15, 0.2) is 92.2 Å². The van der Waals surface area contributed by atoms with E-state index in [4.69, 9.17) is 4.42 Å². The molecule has 0 saturated heterocycles. The molecule has 2 heterocycles. The molecule has 0 atom stereocenters. The van der Waals surface area contributed by atoms with E-state index >= 15 is 0 Å². The molecular weight excluding hydrogens is 774 g/mol. The van der Waals surface area contributed by atoms with Gasteiger partial charge in [-0.3, -0.25) is 0 Å². The summed E-state index contributed by atoms with van der Waals surface area (Å²) in [4.78, 5) is 4.47. The Hall–Kier alpha value is -0.680. The third-order valence-electron chi connectivity index (χ3n) is 4.77. The van der Waals surface area contributed by atoms with E-state index < -0.39 is 0 Å². The first-order chi connectivity index (χ1) is 15.5. The first kappa shape index (κ1) is 24.4. The average molecular weight is 793 g/mol. The third kappa shape index (κ3) is 5.19. The molecule has 0 aliphatic heterocycles. The Bertz CT molecular complexity index is 1520. The van der Waals surface area contributed by atoms with Crippen molar-refractivity contribution in [3.05, 3.63) is 91.4 Å². The van der Waals surface area contributed by atoms with Crippen LogP contribution < -0.4 is 21.2 Å². The molecule has 0 saturated carbocycles. The second-order valence-corrected chi connectivity index (χ2v) is 13.1. The van der Waals surface area contributed by atoms with Crippen molar-refractivity contribution in [3.63, 3.8) is 0 Å². The summed E-state index contributed by atoms with van der Waals surface area (Å²) >= 11 is 11.8. The van der Waals surface area contributed by atoms with Crippen molar-refractivity contribution in [2.24, 2.45) is 0 Å². The van der Waals surface area contributed by atoms with Gasteiger partial charge in [-0.2, -0.15) is 0 Å². The maximum absolute atomic E-state index is 5.79. The van der Waals surface area contributed by atoms with Crippen molar-refractivity contribution in [1.82, 2.24) is 0 Å². The predicted molar refractivity (Wildman–Crippen MR) is 153 cm³/mol. The number of alkyl halides is 2. The molecule has 32 heavy (non-hydrogen) atoms. The first-order valence-corrected chi connectivity index (χ1v) is 17.5. The number of furan rings is 1. The van der Waals surface area contributed by atoms with Gasteiger partial charge in [-0.05, 0) is 90.8 Å². The zero-order valence-electron chi connectivity index (χ0n) is 17.3. The maximum atomic E-state index is 5.79. The van der Waals surface area contributed by atoms with Crippen LogP contribution in [-0.4, -0.2) is 9.86 Å². The van der Waals surface area contributed by atoms with Gasteiger partial charge in [-0.15, -0.1) is 11.3 Å². The van der Waals surface area contributed by atoms with E-state index in [1.165, 1.54) is 33.6 Å². The number of para-hydroxylation sites is 1. The van der Waals surface area contributed by atoms with E-state index in [0.29, 0.717) is 21.2 Å². The molecule has 0 aliphatic carbocycles. The molecule has 1 nitrogen and oxygen atoms in total. The fourth-order valence-electron chi connectivity index (χ4n) is 3.45. The van der Waals surface area contributed by atoms with E-state index in [0.717, 1.165) is 21.0 Å². The molecule has 0 unspecified atom stereocenters. The van der Waals surface area contributed by atoms with E-state index in [-0.39, 0.29) is 0 Å². The van der Waals surface area contributed by atoms with Gasteiger partial charge in [-0.1, -0.05) is 42.5 Å². The SMILES string of the molecule is Brc1cccc2c1oc1ccc(I)cc12.Brc1cccc2c1sc1ccccc12.C[I-]C. The molecular formula is C26H19Br2I2OS-. The van der Waals surface area contributed by atoms with Crippen LogP contribution >= 0.6 is 65.8 Å². The van der Waals surface area contributed by atoms with Crippen molar-refractivity contribution in [3.8, 4) is 0 Å². The quantitative estimate of drug-likeness (QED) is 0.118. The molecule has 0 N–H and O–H groups in total. The van der Waals surface area contributed by atoms with Crippen LogP contribution in [0, 0.1) is 3.57 Å². The molecule has 2 aromatic heterocycles. The Morgan fingerprint density at radius 2 is 1.41 bits per heavy atom. The third-order valence-corrected chi connectivity index (χ3v) is 8.21. The molecule has 0 fully saturated rings. The Kier molecular flexibility index (Phi) is 8.53. The molecule has 0 amide bonds. The molecule has 6 heteroatoms. The van der Waals surface area contributed by atoms with Gasteiger partial charge in [0.2, 0.25) is 0 Å². The Balaban J connectivity index is 0.000000137. The van der Waals surface area contributed by atoms with Crippen molar-refractivity contribution in [2.75, 3.05) is 9.86 Å². The van der Waals surface area contributed by atoms with E-state index in [1.54, 1.807) is 0 Å². The van der Waals surface area contributed by atoms with Gasteiger partial charge in [0.05, 0.1) is 4.47 Å². The van der Waals surface area contributed by atoms with Crippen LogP contribution in [0.3, 0.4) is 0 Å². The van der Waals surface area contributed by atoms with Crippen molar-refractivity contribution < 1.29 is 25.6 Å². The topological polar surface area (TPSA) is 13.1 Å². The number of halogens is 4. The molecule has 6 rings (SSSR count). The molecule has 0 spiro atoms. The van der Waals surface area contributed by atoms with Gasteiger partial charge in [0, 0.05) is 39.0 Å². The van der Waals surface area contributed by atoms with Gasteiger partial charge in [0.25, 0.3) is 0 Å². The van der Waals surface area contributed by atoms with Crippen molar-refractivity contribution in [2.45, 2.75) is 0 Å². The Morgan fingerprint density at radius 3 is 2.19 bits per heavy atom. The number of rotatable bonds is 0. The van der Waals surface area contributed by atoms with E-state index in [2.05, 4.69) is 125 Å². The minimum atomic E-state index is 0.590. The summed E-state index contributed by atoms with van der Waals surface area (Å²) < 4.78 is 11.9. The van der Waals surface area contributed by atoms with Crippen LogP contribution in [0.1, 0.15) is 0 Å². The summed E-state index contributed by atoms with van der Waals surface area (Å²) in [5.41, 5.74) is 1.87. The van der Waals surface area contributed by atoms with Crippen LogP contribution in [-0.2, 0) is 0 Å². The number of hydrogen-bond acceptors (Lipinski definition) is 2. The molecule has 4 aromatic carbocycles. The van der Waals surface area contributed by atoms with Gasteiger partial charge >= 0.3 is 31.1 Å². The predicted octanol–water partition coefficient (Wildman–Crippen LogP) is 7.11. The number of thiophene rings is 1. The van der Waals surface area contributed by atoms with Crippen molar-refractivity contribution in [1.29, 1.82) is 0 Å². The second-order valence-electron chi connectivity index (χ2n) is 6.95. The normalized spacial score (nSPS) is 10.9. The fraction of sp³-hybridized carbons (Fsp3) is 0.0769. The summed E-state index contributed by atoms with van der Waals surface area (Å²) in [5.74, 6) is 0. The standard InChI is InChI=1S/C12H6BrIO.C12H7BrS.C2H6I/c13-10-3-1-2-8-9-6-7(14)4-5-11(9)15-12(8)10;13-10-6-3-5-9-8-4-1-2-7-11(8)14-12(9)10;1-3-2/h1-6H;1-7H;1-2H3/q;;-1. The van der Waals surface area contributed by atoms with Gasteiger partial charge < -0.3 is 4.42 Å².